The molecule has 0 aromatic carbocycles. The fraction of sp³-hybridized carbons (Fsp3) is 0.636. The van der Waals surface area contributed by atoms with Crippen LogP contribution in [0.2, 0.25) is 0 Å². The van der Waals surface area contributed by atoms with E-state index in [9.17, 15) is 9.90 Å². The van der Waals surface area contributed by atoms with Crippen LogP contribution in [0.3, 0.4) is 0 Å². The first-order valence-corrected chi connectivity index (χ1v) is 6.58. The number of nitrogens with two attached hydrogens (primary N) is 1. The Morgan fingerprint density at radius 1 is 1.56 bits per heavy atom. The Labute approximate surface area is 114 Å². The molecule has 0 fully saturated rings. The van der Waals surface area contributed by atoms with Gasteiger partial charge in [0.05, 0.1) is 24.0 Å². The van der Waals surface area contributed by atoms with Crippen LogP contribution in [0.25, 0.3) is 0 Å². The van der Waals surface area contributed by atoms with Gasteiger partial charge in [-0.3, -0.25) is 4.79 Å². The summed E-state index contributed by atoms with van der Waals surface area (Å²) in [6, 6.07) is -0.396. The standard InChI is InChI=1S/C11H19BrN4O2/c1-6(2)16-11(18)10(12)9(5-15-16)14-4-8(13)7(3)17/h5-8,14,17H,4,13H2,1-3H3. The second kappa shape index (κ2) is 6.31. The van der Waals surface area contributed by atoms with Crippen LogP contribution in [0.15, 0.2) is 15.5 Å². The van der Waals surface area contributed by atoms with E-state index in [2.05, 4.69) is 26.3 Å². The zero-order valence-corrected chi connectivity index (χ0v) is 12.3. The van der Waals surface area contributed by atoms with E-state index in [1.165, 1.54) is 4.68 Å². The Hall–Kier alpha value is -0.920. The molecule has 7 heteroatoms. The molecule has 0 aliphatic heterocycles. The summed E-state index contributed by atoms with van der Waals surface area (Å²) in [5.41, 5.74) is 6.08. The molecule has 1 heterocycles. The Morgan fingerprint density at radius 3 is 2.67 bits per heavy atom. The molecule has 102 valence electrons. The predicted molar refractivity (Wildman–Crippen MR) is 74.7 cm³/mol. The van der Waals surface area contributed by atoms with Crippen molar-refractivity contribution in [3.63, 3.8) is 0 Å². The molecule has 2 unspecified atom stereocenters. The van der Waals surface area contributed by atoms with E-state index in [0.717, 1.165) is 0 Å². The van der Waals surface area contributed by atoms with Crippen LogP contribution in [-0.2, 0) is 0 Å². The van der Waals surface area contributed by atoms with Crippen molar-refractivity contribution in [3.8, 4) is 0 Å². The van der Waals surface area contributed by atoms with Crippen LogP contribution in [0, 0.1) is 0 Å². The topological polar surface area (TPSA) is 93.2 Å². The highest BCUT2D eigenvalue weighted by molar-refractivity contribution is 9.10. The molecule has 1 rings (SSSR count). The molecule has 4 N–H and O–H groups in total. The average molecular weight is 319 g/mol. The largest absolute Gasteiger partial charge is 0.392 e. The first-order chi connectivity index (χ1) is 8.34. The summed E-state index contributed by atoms with van der Waals surface area (Å²) in [5.74, 6) is 0. The number of aliphatic hydroxyl groups is 1. The molecule has 18 heavy (non-hydrogen) atoms. The molecule has 2 atom stereocenters. The Balaban J connectivity index is 2.86. The normalized spacial score (nSPS) is 14.6. The van der Waals surface area contributed by atoms with E-state index in [1.807, 2.05) is 13.8 Å². The van der Waals surface area contributed by atoms with Crippen molar-refractivity contribution in [2.24, 2.45) is 5.73 Å². The third-order valence-electron chi connectivity index (χ3n) is 2.58. The van der Waals surface area contributed by atoms with Gasteiger partial charge in [-0.15, -0.1) is 0 Å². The molecular formula is C11H19BrN4O2. The molecule has 0 saturated carbocycles. The van der Waals surface area contributed by atoms with Crippen molar-refractivity contribution in [1.82, 2.24) is 9.78 Å². The zero-order valence-electron chi connectivity index (χ0n) is 10.7. The van der Waals surface area contributed by atoms with Gasteiger partial charge < -0.3 is 16.2 Å². The number of aromatic nitrogens is 2. The first kappa shape index (κ1) is 15.1. The third kappa shape index (κ3) is 3.54. The van der Waals surface area contributed by atoms with E-state index in [4.69, 9.17) is 5.73 Å². The van der Waals surface area contributed by atoms with Gasteiger partial charge in [-0.1, -0.05) is 0 Å². The maximum atomic E-state index is 11.9. The minimum atomic E-state index is -0.611. The van der Waals surface area contributed by atoms with Crippen molar-refractivity contribution in [2.75, 3.05) is 11.9 Å². The van der Waals surface area contributed by atoms with E-state index in [0.29, 0.717) is 16.7 Å². The van der Waals surface area contributed by atoms with Crippen LogP contribution in [0.5, 0.6) is 0 Å². The zero-order chi connectivity index (χ0) is 13.9. The predicted octanol–water partition coefficient (Wildman–Crippen LogP) is 0.707. The van der Waals surface area contributed by atoms with Crippen LogP contribution in [-0.4, -0.2) is 33.6 Å². The van der Waals surface area contributed by atoms with E-state index in [1.54, 1.807) is 13.1 Å². The highest BCUT2D eigenvalue weighted by atomic mass is 79.9. The second-order valence-electron chi connectivity index (χ2n) is 4.50. The van der Waals surface area contributed by atoms with Crippen molar-refractivity contribution < 1.29 is 5.11 Å². The van der Waals surface area contributed by atoms with E-state index >= 15 is 0 Å². The summed E-state index contributed by atoms with van der Waals surface area (Å²) in [4.78, 5) is 11.9. The molecule has 6 nitrogen and oxygen atoms in total. The summed E-state index contributed by atoms with van der Waals surface area (Å²) >= 11 is 3.25. The molecule has 0 bridgehead atoms. The number of rotatable bonds is 5. The van der Waals surface area contributed by atoms with Crippen molar-refractivity contribution in [1.29, 1.82) is 0 Å². The third-order valence-corrected chi connectivity index (χ3v) is 3.35. The van der Waals surface area contributed by atoms with Gasteiger partial charge >= 0.3 is 0 Å². The monoisotopic (exact) mass is 318 g/mol. The van der Waals surface area contributed by atoms with Gasteiger partial charge in [0.2, 0.25) is 0 Å². The fourth-order valence-electron chi connectivity index (χ4n) is 1.33. The van der Waals surface area contributed by atoms with Gasteiger partial charge in [0.25, 0.3) is 5.56 Å². The second-order valence-corrected chi connectivity index (χ2v) is 5.29. The molecular weight excluding hydrogens is 300 g/mol. The van der Waals surface area contributed by atoms with Gasteiger partial charge in [0.1, 0.15) is 4.47 Å². The summed E-state index contributed by atoms with van der Waals surface area (Å²) in [7, 11) is 0. The Kier molecular flexibility index (Phi) is 5.30. The highest BCUT2D eigenvalue weighted by Crippen LogP contribution is 2.17. The smallest absolute Gasteiger partial charge is 0.283 e. The number of nitrogens with one attached hydrogen (secondary N) is 1. The summed E-state index contributed by atoms with van der Waals surface area (Å²) in [6.45, 7) is 5.76. The number of aliphatic hydroxyl groups excluding tert-OH is 1. The van der Waals surface area contributed by atoms with Crippen molar-refractivity contribution in [2.45, 2.75) is 39.0 Å². The van der Waals surface area contributed by atoms with Gasteiger partial charge in [0, 0.05) is 12.6 Å². The minimum absolute atomic E-state index is 0.00238. The van der Waals surface area contributed by atoms with Crippen molar-refractivity contribution in [3.05, 3.63) is 21.0 Å². The maximum absolute atomic E-state index is 11.9. The summed E-state index contributed by atoms with van der Waals surface area (Å²) in [6.07, 6.45) is 0.959. The SMILES string of the molecule is CC(O)C(N)CNc1cnn(C(C)C)c(=O)c1Br. The summed E-state index contributed by atoms with van der Waals surface area (Å²) in [5, 5.41) is 16.3. The minimum Gasteiger partial charge on any atom is -0.392 e. The number of hydrogen-bond acceptors (Lipinski definition) is 5. The Bertz CT molecular complexity index is 459. The van der Waals surface area contributed by atoms with E-state index < -0.39 is 12.1 Å². The molecule has 0 amide bonds. The lowest BCUT2D eigenvalue weighted by atomic mass is 10.2. The average Bonchev–Trinajstić information content (AvgIpc) is 2.30. The van der Waals surface area contributed by atoms with Gasteiger partial charge in [-0.25, -0.2) is 4.68 Å². The van der Waals surface area contributed by atoms with Gasteiger partial charge in [-0.05, 0) is 36.7 Å². The quantitative estimate of drug-likeness (QED) is 0.743. The lowest BCUT2D eigenvalue weighted by Crippen LogP contribution is -2.39. The maximum Gasteiger partial charge on any atom is 0.283 e. The van der Waals surface area contributed by atoms with E-state index in [-0.39, 0.29) is 11.6 Å². The molecule has 1 aromatic rings. The number of anilines is 1. The van der Waals surface area contributed by atoms with Crippen LogP contribution >= 0.6 is 15.9 Å². The fourth-order valence-corrected chi connectivity index (χ4v) is 1.76. The molecule has 0 saturated heterocycles. The molecule has 0 radical (unpaired) electrons. The molecule has 0 aliphatic rings. The Morgan fingerprint density at radius 2 is 2.17 bits per heavy atom. The van der Waals surface area contributed by atoms with Gasteiger partial charge in [0.15, 0.2) is 0 Å². The lowest BCUT2D eigenvalue weighted by molar-refractivity contribution is 0.168. The highest BCUT2D eigenvalue weighted by Gasteiger charge is 2.13. The number of halogens is 1. The van der Waals surface area contributed by atoms with Crippen LogP contribution in [0.4, 0.5) is 5.69 Å². The van der Waals surface area contributed by atoms with Crippen LogP contribution < -0.4 is 16.6 Å². The molecule has 0 spiro atoms. The van der Waals surface area contributed by atoms with Crippen LogP contribution in [0.1, 0.15) is 26.8 Å². The summed E-state index contributed by atoms with van der Waals surface area (Å²) < 4.78 is 1.81. The molecule has 1 aromatic heterocycles. The lowest BCUT2D eigenvalue weighted by Gasteiger charge is -2.17. The molecule has 0 aliphatic carbocycles. The van der Waals surface area contributed by atoms with Crippen molar-refractivity contribution >= 4 is 21.6 Å². The number of hydrogen-bond donors (Lipinski definition) is 3. The first-order valence-electron chi connectivity index (χ1n) is 5.79. The van der Waals surface area contributed by atoms with Gasteiger partial charge in [-0.2, -0.15) is 5.10 Å². The number of nitrogens with zero attached hydrogens (tertiary/aromatic N) is 2.